The molecule has 17 heavy (non-hydrogen) atoms. The Hall–Kier alpha value is -1.89. The van der Waals surface area contributed by atoms with E-state index in [2.05, 4.69) is 15.1 Å². The lowest BCUT2D eigenvalue weighted by atomic mass is 10.3. The molecule has 2 aromatic heterocycles. The van der Waals surface area contributed by atoms with Crippen LogP contribution < -0.4 is 11.1 Å². The third kappa shape index (κ3) is 2.01. The Labute approximate surface area is 96.1 Å². The number of hydrogen-bond acceptors (Lipinski definition) is 4. The number of rotatable bonds is 4. The van der Waals surface area contributed by atoms with E-state index in [0.717, 1.165) is 11.1 Å². The molecule has 0 amide bonds. The van der Waals surface area contributed by atoms with Gasteiger partial charge in [-0.25, -0.2) is 9.67 Å². The van der Waals surface area contributed by atoms with Crippen molar-refractivity contribution < 1.29 is 5.11 Å². The van der Waals surface area contributed by atoms with Crippen LogP contribution in [0.1, 0.15) is 19.2 Å². The maximum atomic E-state index is 11.9. The standard InChI is InChI=1S/C10H14N4O3/c1-2-3-6-11-7-8(12-6)10(17)14(4-5-15)13-9(7)16/h15H,2-5H2,1H3,(H,11,12)(H,13,16). The third-order valence-corrected chi connectivity index (χ3v) is 2.47. The Morgan fingerprint density at radius 3 is 2.82 bits per heavy atom. The lowest BCUT2D eigenvalue weighted by Crippen LogP contribution is -2.30. The van der Waals surface area contributed by atoms with Crippen LogP contribution in [-0.2, 0) is 13.0 Å². The van der Waals surface area contributed by atoms with Crippen LogP contribution in [0, 0.1) is 0 Å². The molecule has 0 atom stereocenters. The van der Waals surface area contributed by atoms with Crippen molar-refractivity contribution in [2.45, 2.75) is 26.3 Å². The number of aliphatic hydroxyl groups excluding tert-OH is 1. The maximum Gasteiger partial charge on any atom is 0.291 e. The number of H-pyrrole nitrogens is 2. The van der Waals surface area contributed by atoms with Crippen molar-refractivity contribution in [1.29, 1.82) is 0 Å². The Balaban J connectivity index is 2.67. The molecular formula is C10H14N4O3. The van der Waals surface area contributed by atoms with Crippen molar-refractivity contribution >= 4 is 11.0 Å². The number of aromatic nitrogens is 4. The summed E-state index contributed by atoms with van der Waals surface area (Å²) < 4.78 is 1.08. The zero-order chi connectivity index (χ0) is 12.4. The van der Waals surface area contributed by atoms with E-state index in [1.807, 2.05) is 6.92 Å². The molecule has 0 saturated carbocycles. The van der Waals surface area contributed by atoms with Crippen molar-refractivity contribution in [1.82, 2.24) is 19.7 Å². The number of imidazole rings is 1. The fraction of sp³-hybridized carbons (Fsp3) is 0.500. The molecule has 0 spiro atoms. The molecule has 2 aromatic rings. The van der Waals surface area contributed by atoms with Gasteiger partial charge in [0, 0.05) is 6.42 Å². The number of aryl methyl sites for hydroxylation is 1. The Bertz CT molecular complexity index is 637. The van der Waals surface area contributed by atoms with Gasteiger partial charge in [0.25, 0.3) is 11.1 Å². The van der Waals surface area contributed by atoms with Crippen molar-refractivity contribution in [3.05, 3.63) is 26.5 Å². The van der Waals surface area contributed by atoms with E-state index in [4.69, 9.17) is 5.11 Å². The summed E-state index contributed by atoms with van der Waals surface area (Å²) in [5, 5.41) is 11.2. The zero-order valence-corrected chi connectivity index (χ0v) is 9.49. The average Bonchev–Trinajstić information content (AvgIpc) is 2.71. The van der Waals surface area contributed by atoms with Crippen molar-refractivity contribution in [2.75, 3.05) is 6.61 Å². The summed E-state index contributed by atoms with van der Waals surface area (Å²) in [7, 11) is 0. The van der Waals surface area contributed by atoms with E-state index in [-0.39, 0.29) is 29.7 Å². The van der Waals surface area contributed by atoms with Gasteiger partial charge in [-0.3, -0.25) is 14.7 Å². The number of hydrogen-bond donors (Lipinski definition) is 3. The summed E-state index contributed by atoms with van der Waals surface area (Å²) in [6, 6.07) is 0. The molecule has 0 bridgehead atoms. The Morgan fingerprint density at radius 2 is 2.18 bits per heavy atom. The molecule has 3 N–H and O–H groups in total. The second-order valence-corrected chi connectivity index (χ2v) is 3.78. The lowest BCUT2D eigenvalue weighted by Gasteiger charge is -2.01. The van der Waals surface area contributed by atoms with Gasteiger partial charge in [0.2, 0.25) is 0 Å². The SMILES string of the molecule is CCCc1nc2c(=O)[nH]n(CCO)c(=O)c2[nH]1. The first-order valence-corrected chi connectivity index (χ1v) is 5.50. The molecule has 0 aliphatic carbocycles. The number of nitrogens with one attached hydrogen (secondary N) is 2. The predicted octanol–water partition coefficient (Wildman–Crippen LogP) is -0.642. The monoisotopic (exact) mass is 238 g/mol. The molecule has 0 aliphatic heterocycles. The molecule has 2 rings (SSSR count). The summed E-state index contributed by atoms with van der Waals surface area (Å²) in [4.78, 5) is 30.5. The zero-order valence-electron chi connectivity index (χ0n) is 9.49. The number of aromatic amines is 2. The predicted molar refractivity (Wildman–Crippen MR) is 62.1 cm³/mol. The molecular weight excluding hydrogens is 224 g/mol. The highest BCUT2D eigenvalue weighted by molar-refractivity contribution is 5.72. The van der Waals surface area contributed by atoms with E-state index < -0.39 is 5.56 Å². The molecule has 0 aromatic carbocycles. The Kier molecular flexibility index (Phi) is 3.10. The maximum absolute atomic E-state index is 11.9. The molecule has 0 saturated heterocycles. The molecule has 2 heterocycles. The van der Waals surface area contributed by atoms with Crippen LogP contribution in [0.25, 0.3) is 11.0 Å². The topological polar surface area (TPSA) is 104 Å². The van der Waals surface area contributed by atoms with Gasteiger partial charge in [0.15, 0.2) is 5.52 Å². The van der Waals surface area contributed by atoms with Crippen LogP contribution in [0.4, 0.5) is 0 Å². The number of aliphatic hydroxyl groups is 1. The van der Waals surface area contributed by atoms with E-state index in [1.54, 1.807) is 0 Å². The van der Waals surface area contributed by atoms with Crippen LogP contribution >= 0.6 is 0 Å². The van der Waals surface area contributed by atoms with Crippen LogP contribution in [0.15, 0.2) is 9.59 Å². The normalized spacial score (nSPS) is 11.2. The van der Waals surface area contributed by atoms with Gasteiger partial charge in [0.1, 0.15) is 11.3 Å². The van der Waals surface area contributed by atoms with Crippen LogP contribution in [0.5, 0.6) is 0 Å². The molecule has 7 heteroatoms. The number of nitrogens with zero attached hydrogens (tertiary/aromatic N) is 2. The first-order valence-electron chi connectivity index (χ1n) is 5.50. The van der Waals surface area contributed by atoms with E-state index in [0.29, 0.717) is 12.2 Å². The van der Waals surface area contributed by atoms with Gasteiger partial charge in [-0.05, 0) is 6.42 Å². The molecule has 0 aliphatic rings. The molecule has 0 fully saturated rings. The van der Waals surface area contributed by atoms with Crippen molar-refractivity contribution in [3.8, 4) is 0 Å². The first kappa shape index (κ1) is 11.6. The lowest BCUT2D eigenvalue weighted by molar-refractivity contribution is 0.266. The summed E-state index contributed by atoms with van der Waals surface area (Å²) in [5.74, 6) is 0.631. The highest BCUT2D eigenvalue weighted by atomic mass is 16.3. The van der Waals surface area contributed by atoms with E-state index >= 15 is 0 Å². The van der Waals surface area contributed by atoms with Gasteiger partial charge in [0.05, 0.1) is 13.2 Å². The minimum atomic E-state index is -0.424. The second kappa shape index (κ2) is 4.54. The summed E-state index contributed by atoms with van der Waals surface area (Å²) in [5.41, 5.74) is -0.464. The molecule has 0 unspecified atom stereocenters. The smallest absolute Gasteiger partial charge is 0.291 e. The molecule has 92 valence electrons. The quantitative estimate of drug-likeness (QED) is 0.658. The molecule has 7 nitrogen and oxygen atoms in total. The highest BCUT2D eigenvalue weighted by Crippen LogP contribution is 2.03. The van der Waals surface area contributed by atoms with E-state index in [1.165, 1.54) is 0 Å². The first-order chi connectivity index (χ1) is 8.17. The van der Waals surface area contributed by atoms with Crippen LogP contribution in [0.2, 0.25) is 0 Å². The van der Waals surface area contributed by atoms with Gasteiger partial charge in [-0.2, -0.15) is 0 Å². The second-order valence-electron chi connectivity index (χ2n) is 3.78. The van der Waals surface area contributed by atoms with Crippen LogP contribution in [0.3, 0.4) is 0 Å². The summed E-state index contributed by atoms with van der Waals surface area (Å²) >= 11 is 0. The molecule has 0 radical (unpaired) electrons. The fourth-order valence-electron chi connectivity index (χ4n) is 1.72. The fourth-order valence-corrected chi connectivity index (χ4v) is 1.72. The summed E-state index contributed by atoms with van der Waals surface area (Å²) in [6.07, 6.45) is 1.57. The van der Waals surface area contributed by atoms with Crippen molar-refractivity contribution in [3.63, 3.8) is 0 Å². The van der Waals surface area contributed by atoms with Crippen molar-refractivity contribution in [2.24, 2.45) is 0 Å². The largest absolute Gasteiger partial charge is 0.394 e. The third-order valence-electron chi connectivity index (χ3n) is 2.47. The van der Waals surface area contributed by atoms with Gasteiger partial charge >= 0.3 is 0 Å². The highest BCUT2D eigenvalue weighted by Gasteiger charge is 2.11. The van der Waals surface area contributed by atoms with Gasteiger partial charge in [-0.15, -0.1) is 0 Å². The van der Waals surface area contributed by atoms with Crippen LogP contribution in [-0.4, -0.2) is 31.5 Å². The number of fused-ring (bicyclic) bond motifs is 1. The van der Waals surface area contributed by atoms with Gasteiger partial charge in [-0.1, -0.05) is 6.92 Å². The minimum Gasteiger partial charge on any atom is -0.394 e. The van der Waals surface area contributed by atoms with E-state index in [9.17, 15) is 9.59 Å². The summed E-state index contributed by atoms with van der Waals surface area (Å²) in [6.45, 7) is 1.84. The minimum absolute atomic E-state index is 0.0617. The van der Waals surface area contributed by atoms with Gasteiger partial charge < -0.3 is 10.1 Å². The average molecular weight is 238 g/mol. The Morgan fingerprint density at radius 1 is 1.41 bits per heavy atom.